The molecule has 0 spiro atoms. The first-order valence-electron chi connectivity index (χ1n) is 5.95. The summed E-state index contributed by atoms with van der Waals surface area (Å²) in [6, 6.07) is 14.2. The van der Waals surface area contributed by atoms with Crippen LogP contribution in [-0.2, 0) is 11.4 Å². The van der Waals surface area contributed by atoms with Crippen molar-refractivity contribution in [3.8, 4) is 11.5 Å². The Morgan fingerprint density at radius 3 is 2.05 bits per heavy atom. The lowest BCUT2D eigenvalue weighted by Gasteiger charge is -2.08. The van der Waals surface area contributed by atoms with E-state index in [1.807, 2.05) is 24.3 Å². The zero-order valence-electron chi connectivity index (χ0n) is 10.6. The molecular formula is C15H13ClO4. The molecule has 0 unspecified atom stereocenters. The summed E-state index contributed by atoms with van der Waals surface area (Å²) >= 11 is 5.80. The Morgan fingerprint density at radius 1 is 0.950 bits per heavy atom. The first-order valence-corrected chi connectivity index (χ1v) is 6.33. The van der Waals surface area contributed by atoms with Gasteiger partial charge in [-0.3, -0.25) is 0 Å². The Morgan fingerprint density at radius 2 is 1.50 bits per heavy atom. The highest BCUT2D eigenvalue weighted by atomic mass is 35.5. The monoisotopic (exact) mass is 292 g/mol. The van der Waals surface area contributed by atoms with E-state index in [4.69, 9.17) is 26.2 Å². The van der Waals surface area contributed by atoms with Crippen LogP contribution in [0.3, 0.4) is 0 Å². The van der Waals surface area contributed by atoms with E-state index < -0.39 is 5.97 Å². The maximum Gasteiger partial charge on any atom is 0.341 e. The van der Waals surface area contributed by atoms with Crippen LogP contribution in [0.4, 0.5) is 0 Å². The van der Waals surface area contributed by atoms with Crippen LogP contribution in [0, 0.1) is 0 Å². The fourth-order valence-electron chi connectivity index (χ4n) is 1.52. The number of carboxylic acid groups (broad SMARTS) is 1. The number of halogens is 1. The lowest BCUT2D eigenvalue weighted by atomic mass is 10.2. The maximum absolute atomic E-state index is 10.4. The summed E-state index contributed by atoms with van der Waals surface area (Å²) in [7, 11) is 0. The van der Waals surface area contributed by atoms with Gasteiger partial charge in [0.2, 0.25) is 0 Å². The molecule has 0 bridgehead atoms. The molecule has 0 radical (unpaired) electrons. The minimum atomic E-state index is -1.01. The second-order valence-electron chi connectivity index (χ2n) is 4.07. The predicted molar refractivity (Wildman–Crippen MR) is 75.4 cm³/mol. The smallest absolute Gasteiger partial charge is 0.341 e. The van der Waals surface area contributed by atoms with Crippen molar-refractivity contribution in [3.63, 3.8) is 0 Å². The van der Waals surface area contributed by atoms with Crippen molar-refractivity contribution in [2.24, 2.45) is 0 Å². The molecule has 2 aromatic carbocycles. The zero-order valence-corrected chi connectivity index (χ0v) is 11.3. The third-order valence-corrected chi connectivity index (χ3v) is 2.76. The van der Waals surface area contributed by atoms with E-state index in [0.29, 0.717) is 23.1 Å². The van der Waals surface area contributed by atoms with E-state index in [9.17, 15) is 4.79 Å². The highest BCUT2D eigenvalue weighted by molar-refractivity contribution is 6.30. The Labute approximate surface area is 121 Å². The third kappa shape index (κ3) is 4.48. The predicted octanol–water partition coefficient (Wildman–Crippen LogP) is 3.38. The standard InChI is InChI=1S/C15H13ClO4/c16-12-3-1-11(2-4-12)9-19-13-5-7-14(8-6-13)20-10-15(17)18/h1-8H,9-10H2,(H,17,18). The number of carboxylic acids is 1. The lowest BCUT2D eigenvalue weighted by molar-refractivity contribution is -0.139. The molecule has 0 aliphatic heterocycles. The summed E-state index contributed by atoms with van der Waals surface area (Å²) in [5.74, 6) is 0.168. The molecule has 1 N–H and O–H groups in total. The van der Waals surface area contributed by atoms with Crippen LogP contribution in [0.25, 0.3) is 0 Å². The van der Waals surface area contributed by atoms with Gasteiger partial charge in [-0.1, -0.05) is 23.7 Å². The van der Waals surface area contributed by atoms with Crippen molar-refractivity contribution in [3.05, 3.63) is 59.1 Å². The number of ether oxygens (including phenoxy) is 2. The minimum absolute atomic E-state index is 0.356. The van der Waals surface area contributed by atoms with Crippen molar-refractivity contribution in [1.82, 2.24) is 0 Å². The van der Waals surface area contributed by atoms with Crippen molar-refractivity contribution in [2.75, 3.05) is 6.61 Å². The molecule has 0 saturated heterocycles. The molecule has 0 aromatic heterocycles. The number of carbonyl (C=O) groups is 1. The molecule has 0 fully saturated rings. The summed E-state index contributed by atoms with van der Waals surface area (Å²) in [5, 5.41) is 9.19. The average molecular weight is 293 g/mol. The summed E-state index contributed by atoms with van der Waals surface area (Å²) in [5.41, 5.74) is 1.01. The summed E-state index contributed by atoms with van der Waals surface area (Å²) in [6.07, 6.45) is 0. The summed E-state index contributed by atoms with van der Waals surface area (Å²) < 4.78 is 10.6. The van der Waals surface area contributed by atoms with Gasteiger partial charge in [0.05, 0.1) is 0 Å². The van der Waals surface area contributed by atoms with E-state index in [-0.39, 0.29) is 6.61 Å². The van der Waals surface area contributed by atoms with Crippen molar-refractivity contribution in [2.45, 2.75) is 6.61 Å². The molecule has 20 heavy (non-hydrogen) atoms. The molecule has 0 aliphatic carbocycles. The highest BCUT2D eigenvalue weighted by Gasteiger charge is 2.00. The van der Waals surface area contributed by atoms with E-state index >= 15 is 0 Å². The Kier molecular flexibility index (Phi) is 4.85. The number of hydrogen-bond acceptors (Lipinski definition) is 3. The highest BCUT2D eigenvalue weighted by Crippen LogP contribution is 2.19. The molecule has 0 saturated carbocycles. The van der Waals surface area contributed by atoms with E-state index in [2.05, 4.69) is 0 Å². The molecule has 5 heteroatoms. The van der Waals surface area contributed by atoms with Crippen molar-refractivity contribution >= 4 is 17.6 Å². The molecule has 2 rings (SSSR count). The minimum Gasteiger partial charge on any atom is -0.489 e. The quantitative estimate of drug-likeness (QED) is 0.887. The van der Waals surface area contributed by atoms with Crippen LogP contribution in [0.15, 0.2) is 48.5 Å². The van der Waals surface area contributed by atoms with E-state index in [1.165, 1.54) is 0 Å². The van der Waals surface area contributed by atoms with Gasteiger partial charge in [0, 0.05) is 5.02 Å². The summed E-state index contributed by atoms with van der Waals surface area (Å²) in [4.78, 5) is 10.4. The topological polar surface area (TPSA) is 55.8 Å². The first kappa shape index (κ1) is 14.2. The molecule has 0 heterocycles. The number of aliphatic carboxylic acids is 1. The molecule has 0 aliphatic rings. The molecule has 0 amide bonds. The Hall–Kier alpha value is -2.20. The van der Waals surface area contributed by atoms with Gasteiger partial charge < -0.3 is 14.6 Å². The molecular weight excluding hydrogens is 280 g/mol. The number of rotatable bonds is 6. The second kappa shape index (κ2) is 6.82. The number of benzene rings is 2. The molecule has 104 valence electrons. The Balaban J connectivity index is 1.87. The van der Waals surface area contributed by atoms with Crippen LogP contribution < -0.4 is 9.47 Å². The van der Waals surface area contributed by atoms with E-state index in [0.717, 1.165) is 5.56 Å². The average Bonchev–Trinajstić information content (AvgIpc) is 2.45. The fraction of sp³-hybridized carbons (Fsp3) is 0.133. The second-order valence-corrected chi connectivity index (χ2v) is 4.51. The van der Waals surface area contributed by atoms with Crippen LogP contribution in [0.2, 0.25) is 5.02 Å². The largest absolute Gasteiger partial charge is 0.489 e. The summed E-state index contributed by atoms with van der Waals surface area (Å²) in [6.45, 7) is 0.0808. The molecule has 4 nitrogen and oxygen atoms in total. The van der Waals surface area contributed by atoms with Gasteiger partial charge in [-0.15, -0.1) is 0 Å². The van der Waals surface area contributed by atoms with Crippen molar-refractivity contribution in [1.29, 1.82) is 0 Å². The van der Waals surface area contributed by atoms with Gasteiger partial charge in [0.25, 0.3) is 0 Å². The van der Waals surface area contributed by atoms with Gasteiger partial charge in [0.1, 0.15) is 18.1 Å². The van der Waals surface area contributed by atoms with Crippen LogP contribution in [0.5, 0.6) is 11.5 Å². The SMILES string of the molecule is O=C(O)COc1ccc(OCc2ccc(Cl)cc2)cc1. The fourth-order valence-corrected chi connectivity index (χ4v) is 1.65. The van der Waals surface area contributed by atoms with E-state index in [1.54, 1.807) is 24.3 Å². The third-order valence-electron chi connectivity index (χ3n) is 2.50. The van der Waals surface area contributed by atoms with Gasteiger partial charge in [-0.05, 0) is 42.0 Å². The van der Waals surface area contributed by atoms with Gasteiger partial charge in [-0.2, -0.15) is 0 Å². The zero-order chi connectivity index (χ0) is 14.4. The lowest BCUT2D eigenvalue weighted by Crippen LogP contribution is -2.09. The van der Waals surface area contributed by atoms with Crippen LogP contribution in [0.1, 0.15) is 5.56 Å². The van der Waals surface area contributed by atoms with Gasteiger partial charge >= 0.3 is 5.97 Å². The molecule has 2 aromatic rings. The Bertz CT molecular complexity index is 563. The van der Waals surface area contributed by atoms with Gasteiger partial charge in [-0.25, -0.2) is 4.79 Å². The van der Waals surface area contributed by atoms with Gasteiger partial charge in [0.15, 0.2) is 6.61 Å². The van der Waals surface area contributed by atoms with Crippen molar-refractivity contribution < 1.29 is 19.4 Å². The molecule has 0 atom stereocenters. The van der Waals surface area contributed by atoms with Crippen LogP contribution in [-0.4, -0.2) is 17.7 Å². The number of hydrogen-bond donors (Lipinski definition) is 1. The first-order chi connectivity index (χ1) is 9.63. The normalized spacial score (nSPS) is 10.1. The van der Waals surface area contributed by atoms with Crippen LogP contribution >= 0.6 is 11.6 Å². The maximum atomic E-state index is 10.4.